The highest BCUT2D eigenvalue weighted by molar-refractivity contribution is 5.88. The highest BCUT2D eigenvalue weighted by atomic mass is 19.1. The number of hydrogen-bond donors (Lipinski definition) is 1. The van der Waals surface area contributed by atoms with Crippen LogP contribution in [0.25, 0.3) is 0 Å². The molecule has 1 aliphatic carbocycles. The summed E-state index contributed by atoms with van der Waals surface area (Å²) < 4.78 is 20.0. The second kappa shape index (κ2) is 5.69. The smallest absolute Gasteiger partial charge is 0.335 e. The number of carbonyl (C=O) groups is 1. The molecule has 0 saturated heterocycles. The molecule has 120 valence electrons. The topological polar surface area (TPSA) is 46.5 Å². The number of aryl methyl sites for hydroxylation is 1. The standard InChI is InChI=1S/C19H19FO3/c1-19(2,15-9-7-12-5-3-4-6-14(12)15)23-17-11-13(18(21)22)8-10-16(17)20/h3-6,8,10-11,15H,7,9H2,1-2H3,(H,21,22). The predicted octanol–water partition coefficient (Wildman–Crippen LogP) is 4.41. The Hall–Kier alpha value is -2.36. The number of rotatable bonds is 4. The molecule has 0 bridgehead atoms. The molecular weight excluding hydrogens is 295 g/mol. The van der Waals surface area contributed by atoms with E-state index in [0.717, 1.165) is 18.9 Å². The van der Waals surface area contributed by atoms with Crippen molar-refractivity contribution >= 4 is 5.97 Å². The maximum Gasteiger partial charge on any atom is 0.335 e. The van der Waals surface area contributed by atoms with Crippen LogP contribution in [-0.2, 0) is 6.42 Å². The zero-order valence-corrected chi connectivity index (χ0v) is 13.2. The molecule has 0 heterocycles. The van der Waals surface area contributed by atoms with Gasteiger partial charge in [0.25, 0.3) is 0 Å². The van der Waals surface area contributed by atoms with Crippen LogP contribution in [0.4, 0.5) is 4.39 Å². The first-order valence-corrected chi connectivity index (χ1v) is 7.68. The van der Waals surface area contributed by atoms with Crippen molar-refractivity contribution in [1.29, 1.82) is 0 Å². The molecule has 3 nitrogen and oxygen atoms in total. The molecule has 3 rings (SSSR count). The molecule has 0 radical (unpaired) electrons. The van der Waals surface area contributed by atoms with E-state index in [9.17, 15) is 9.18 Å². The lowest BCUT2D eigenvalue weighted by Crippen LogP contribution is -2.35. The Kier molecular flexibility index (Phi) is 3.84. The lowest BCUT2D eigenvalue weighted by molar-refractivity contribution is 0.0674. The molecule has 1 N–H and O–H groups in total. The van der Waals surface area contributed by atoms with Crippen LogP contribution >= 0.6 is 0 Å². The Morgan fingerprint density at radius 3 is 2.74 bits per heavy atom. The van der Waals surface area contributed by atoms with Gasteiger partial charge >= 0.3 is 5.97 Å². The van der Waals surface area contributed by atoms with Gasteiger partial charge in [-0.3, -0.25) is 0 Å². The number of fused-ring (bicyclic) bond motifs is 1. The normalized spacial score (nSPS) is 16.9. The van der Waals surface area contributed by atoms with E-state index in [0.29, 0.717) is 0 Å². The summed E-state index contributed by atoms with van der Waals surface area (Å²) in [5.74, 6) is -1.51. The van der Waals surface area contributed by atoms with Gasteiger partial charge in [0.1, 0.15) is 5.60 Å². The number of benzene rings is 2. The minimum atomic E-state index is -1.10. The second-order valence-electron chi connectivity index (χ2n) is 6.45. The number of carboxylic acids is 1. The van der Waals surface area contributed by atoms with Crippen LogP contribution in [-0.4, -0.2) is 16.7 Å². The first-order valence-electron chi connectivity index (χ1n) is 7.68. The summed E-state index contributed by atoms with van der Waals surface area (Å²) in [7, 11) is 0. The summed E-state index contributed by atoms with van der Waals surface area (Å²) >= 11 is 0. The molecule has 2 aromatic rings. The quantitative estimate of drug-likeness (QED) is 0.909. The summed E-state index contributed by atoms with van der Waals surface area (Å²) in [6.07, 6.45) is 1.91. The van der Waals surface area contributed by atoms with Crippen LogP contribution in [0.2, 0.25) is 0 Å². The molecule has 0 amide bonds. The highest BCUT2D eigenvalue weighted by Gasteiger charge is 2.37. The Balaban J connectivity index is 1.90. The maximum absolute atomic E-state index is 14.0. The summed E-state index contributed by atoms with van der Waals surface area (Å²) in [5, 5.41) is 9.06. The van der Waals surface area contributed by atoms with E-state index >= 15 is 0 Å². The molecule has 1 aliphatic rings. The minimum Gasteiger partial charge on any atom is -0.484 e. The van der Waals surface area contributed by atoms with Crippen molar-refractivity contribution < 1.29 is 19.0 Å². The fourth-order valence-corrected chi connectivity index (χ4v) is 3.35. The Labute approximate surface area is 134 Å². The number of hydrogen-bond acceptors (Lipinski definition) is 2. The van der Waals surface area contributed by atoms with E-state index in [-0.39, 0.29) is 17.2 Å². The van der Waals surface area contributed by atoms with Gasteiger partial charge < -0.3 is 9.84 Å². The third kappa shape index (κ3) is 2.93. The third-order valence-corrected chi connectivity index (χ3v) is 4.52. The van der Waals surface area contributed by atoms with Gasteiger partial charge in [-0.05, 0) is 56.0 Å². The van der Waals surface area contributed by atoms with Crippen molar-refractivity contribution in [3.63, 3.8) is 0 Å². The first kappa shape index (κ1) is 15.5. The van der Waals surface area contributed by atoms with Gasteiger partial charge in [-0.25, -0.2) is 9.18 Å². The number of ether oxygens (including phenoxy) is 1. The van der Waals surface area contributed by atoms with E-state index < -0.39 is 17.4 Å². The van der Waals surface area contributed by atoms with Crippen molar-refractivity contribution in [2.24, 2.45) is 0 Å². The maximum atomic E-state index is 14.0. The van der Waals surface area contributed by atoms with Gasteiger partial charge in [0.15, 0.2) is 11.6 Å². The van der Waals surface area contributed by atoms with Gasteiger partial charge in [-0.1, -0.05) is 24.3 Å². The summed E-state index contributed by atoms with van der Waals surface area (Å²) in [5.41, 5.74) is 1.91. The molecular formula is C19H19FO3. The molecule has 1 unspecified atom stereocenters. The van der Waals surface area contributed by atoms with Crippen LogP contribution in [0.1, 0.15) is 47.7 Å². The Morgan fingerprint density at radius 2 is 2.00 bits per heavy atom. The molecule has 4 heteroatoms. The Bertz CT molecular complexity index is 752. The molecule has 0 aromatic heterocycles. The van der Waals surface area contributed by atoms with E-state index in [1.165, 1.54) is 23.3 Å². The fraction of sp³-hybridized carbons (Fsp3) is 0.316. The first-order chi connectivity index (χ1) is 10.9. The molecule has 0 spiro atoms. The minimum absolute atomic E-state index is 0.0146. The molecule has 0 aliphatic heterocycles. The number of carboxylic acid groups (broad SMARTS) is 1. The van der Waals surface area contributed by atoms with Crippen molar-refractivity contribution in [3.05, 3.63) is 65.0 Å². The van der Waals surface area contributed by atoms with Crippen molar-refractivity contribution in [2.45, 2.75) is 38.2 Å². The van der Waals surface area contributed by atoms with Crippen LogP contribution in [0, 0.1) is 5.82 Å². The fourth-order valence-electron chi connectivity index (χ4n) is 3.35. The summed E-state index contributed by atoms with van der Waals surface area (Å²) in [6, 6.07) is 11.8. The van der Waals surface area contributed by atoms with Crippen molar-refractivity contribution in [1.82, 2.24) is 0 Å². The third-order valence-electron chi connectivity index (χ3n) is 4.52. The van der Waals surface area contributed by atoms with Gasteiger partial charge in [0, 0.05) is 5.92 Å². The van der Waals surface area contributed by atoms with Gasteiger partial charge in [0.05, 0.1) is 5.56 Å². The van der Waals surface area contributed by atoms with Crippen molar-refractivity contribution in [3.8, 4) is 5.75 Å². The average Bonchev–Trinajstić information content (AvgIpc) is 2.94. The lowest BCUT2D eigenvalue weighted by Gasteiger charge is -2.33. The summed E-state index contributed by atoms with van der Waals surface area (Å²) in [4.78, 5) is 11.1. The Morgan fingerprint density at radius 1 is 1.26 bits per heavy atom. The average molecular weight is 314 g/mol. The molecule has 23 heavy (non-hydrogen) atoms. The predicted molar refractivity (Wildman–Crippen MR) is 85.6 cm³/mol. The van der Waals surface area contributed by atoms with Crippen LogP contribution in [0.15, 0.2) is 42.5 Å². The number of aromatic carboxylic acids is 1. The van der Waals surface area contributed by atoms with E-state index in [1.807, 2.05) is 26.0 Å². The second-order valence-corrected chi connectivity index (χ2v) is 6.45. The van der Waals surface area contributed by atoms with Gasteiger partial charge in [-0.15, -0.1) is 0 Å². The SMILES string of the molecule is CC(C)(Oc1cc(C(=O)O)ccc1F)C1CCc2ccccc21. The molecule has 0 saturated carbocycles. The highest BCUT2D eigenvalue weighted by Crippen LogP contribution is 2.42. The summed E-state index contributed by atoms with van der Waals surface area (Å²) in [6.45, 7) is 3.85. The molecule has 1 atom stereocenters. The monoisotopic (exact) mass is 314 g/mol. The molecule has 2 aromatic carbocycles. The molecule has 0 fully saturated rings. The van der Waals surface area contributed by atoms with Crippen LogP contribution in [0.5, 0.6) is 5.75 Å². The number of halogens is 1. The van der Waals surface area contributed by atoms with Crippen LogP contribution < -0.4 is 4.74 Å². The van der Waals surface area contributed by atoms with E-state index in [2.05, 4.69) is 12.1 Å². The zero-order valence-electron chi connectivity index (χ0n) is 13.2. The largest absolute Gasteiger partial charge is 0.484 e. The van der Waals surface area contributed by atoms with Gasteiger partial charge in [-0.2, -0.15) is 0 Å². The van der Waals surface area contributed by atoms with Crippen LogP contribution in [0.3, 0.4) is 0 Å². The zero-order chi connectivity index (χ0) is 16.6. The van der Waals surface area contributed by atoms with E-state index in [4.69, 9.17) is 9.84 Å². The van der Waals surface area contributed by atoms with E-state index in [1.54, 1.807) is 0 Å². The lowest BCUT2D eigenvalue weighted by atomic mass is 9.85. The van der Waals surface area contributed by atoms with Crippen molar-refractivity contribution in [2.75, 3.05) is 0 Å². The van der Waals surface area contributed by atoms with Gasteiger partial charge in [0.2, 0.25) is 0 Å².